The van der Waals surface area contributed by atoms with Gasteiger partial charge in [-0.05, 0) is 30.3 Å². The van der Waals surface area contributed by atoms with E-state index in [-0.39, 0.29) is 12.8 Å². The predicted molar refractivity (Wildman–Crippen MR) is 51.1 cm³/mol. The van der Waals surface area contributed by atoms with Crippen molar-refractivity contribution in [3.63, 3.8) is 0 Å². The van der Waals surface area contributed by atoms with Crippen LogP contribution in [-0.2, 0) is 0 Å². The molecule has 2 fully saturated rings. The highest BCUT2D eigenvalue weighted by molar-refractivity contribution is 7.99. The van der Waals surface area contributed by atoms with Gasteiger partial charge in [0.2, 0.25) is 0 Å². The summed E-state index contributed by atoms with van der Waals surface area (Å²) in [5.41, 5.74) is 5.43. The first-order chi connectivity index (χ1) is 6.02. The molecule has 13 heavy (non-hydrogen) atoms. The van der Waals surface area contributed by atoms with E-state index in [1.807, 2.05) is 11.8 Å². The van der Waals surface area contributed by atoms with Crippen LogP contribution >= 0.6 is 11.8 Å². The first-order valence-corrected chi connectivity index (χ1v) is 5.92. The van der Waals surface area contributed by atoms with Gasteiger partial charge in [-0.1, -0.05) is 0 Å². The number of alkyl halides is 2. The van der Waals surface area contributed by atoms with Crippen LogP contribution in [0.2, 0.25) is 0 Å². The number of nitrogens with two attached hydrogens (primary N) is 1. The second-order valence-corrected chi connectivity index (χ2v) is 5.55. The van der Waals surface area contributed by atoms with Crippen LogP contribution in [0.25, 0.3) is 0 Å². The first kappa shape index (κ1) is 9.71. The number of rotatable bonds is 1. The van der Waals surface area contributed by atoms with Crippen molar-refractivity contribution in [2.75, 3.05) is 11.5 Å². The molecule has 0 aromatic heterocycles. The van der Waals surface area contributed by atoms with Crippen LogP contribution in [0.1, 0.15) is 25.7 Å². The third-order valence-corrected chi connectivity index (χ3v) is 4.26. The smallest absolute Gasteiger partial charge is 0.251 e. The van der Waals surface area contributed by atoms with Gasteiger partial charge in [-0.25, -0.2) is 8.78 Å². The summed E-state index contributed by atoms with van der Waals surface area (Å²) in [5, 5.41) is 0. The fraction of sp³-hybridized carbons (Fsp3) is 1.00. The van der Waals surface area contributed by atoms with Crippen molar-refractivity contribution in [1.82, 2.24) is 0 Å². The van der Waals surface area contributed by atoms with Gasteiger partial charge in [0.15, 0.2) is 0 Å². The monoisotopic (exact) mass is 207 g/mol. The van der Waals surface area contributed by atoms with Crippen LogP contribution in [0.5, 0.6) is 0 Å². The number of thioether (sulfide) groups is 1. The average Bonchev–Trinajstić information content (AvgIpc) is 2.02. The minimum absolute atomic E-state index is 0.0880. The number of hydrogen-bond acceptors (Lipinski definition) is 2. The zero-order valence-electron chi connectivity index (χ0n) is 7.56. The average molecular weight is 207 g/mol. The standard InChI is InChI=1S/C9H15F2NS/c10-9(11)5-8(12,6-9)7-1-3-13-4-2-7/h7H,1-6,12H2. The molecule has 1 heterocycles. The Bertz CT molecular complexity index is 194. The van der Waals surface area contributed by atoms with Gasteiger partial charge in [-0.3, -0.25) is 0 Å². The van der Waals surface area contributed by atoms with Crippen LogP contribution < -0.4 is 5.73 Å². The molecule has 2 rings (SSSR count). The molecule has 0 aromatic carbocycles. The van der Waals surface area contributed by atoms with Crippen molar-refractivity contribution in [1.29, 1.82) is 0 Å². The molecule has 0 unspecified atom stereocenters. The largest absolute Gasteiger partial charge is 0.324 e. The maximum absolute atomic E-state index is 12.7. The Hall–Kier alpha value is 0.170. The summed E-state index contributed by atoms with van der Waals surface area (Å²) in [6.45, 7) is 0. The Morgan fingerprint density at radius 2 is 1.69 bits per heavy atom. The Balaban J connectivity index is 1.93. The first-order valence-electron chi connectivity index (χ1n) is 4.76. The lowest BCUT2D eigenvalue weighted by atomic mass is 9.64. The summed E-state index contributed by atoms with van der Waals surface area (Å²) >= 11 is 1.91. The van der Waals surface area contributed by atoms with E-state index in [9.17, 15) is 8.78 Å². The number of hydrogen-bond donors (Lipinski definition) is 1. The highest BCUT2D eigenvalue weighted by Gasteiger charge is 2.57. The minimum Gasteiger partial charge on any atom is -0.324 e. The SMILES string of the molecule is NC1(C2CCSCC2)CC(F)(F)C1. The summed E-state index contributed by atoms with van der Waals surface area (Å²) in [6.07, 6.45) is 1.87. The fourth-order valence-electron chi connectivity index (χ4n) is 2.47. The quantitative estimate of drug-likeness (QED) is 0.713. The van der Waals surface area contributed by atoms with Gasteiger partial charge < -0.3 is 5.73 Å². The number of halogens is 2. The summed E-state index contributed by atoms with van der Waals surface area (Å²) in [4.78, 5) is 0. The van der Waals surface area contributed by atoms with Crippen LogP contribution in [0.4, 0.5) is 8.78 Å². The molecule has 1 saturated heterocycles. The Morgan fingerprint density at radius 3 is 2.15 bits per heavy atom. The van der Waals surface area contributed by atoms with Crippen LogP contribution in [0.3, 0.4) is 0 Å². The molecule has 1 saturated carbocycles. The van der Waals surface area contributed by atoms with Crippen LogP contribution in [0.15, 0.2) is 0 Å². The van der Waals surface area contributed by atoms with Gasteiger partial charge >= 0.3 is 0 Å². The summed E-state index contributed by atoms with van der Waals surface area (Å²) in [7, 11) is 0. The lowest BCUT2D eigenvalue weighted by Crippen LogP contribution is -2.63. The van der Waals surface area contributed by atoms with Crippen LogP contribution in [0, 0.1) is 5.92 Å². The summed E-state index contributed by atoms with van der Waals surface area (Å²) in [6, 6.07) is 0. The molecule has 0 amide bonds. The normalized spacial score (nSPS) is 32.5. The van der Waals surface area contributed by atoms with Crippen LogP contribution in [-0.4, -0.2) is 23.0 Å². The molecule has 2 N–H and O–H groups in total. The third-order valence-electron chi connectivity index (χ3n) is 3.21. The molecule has 1 aliphatic heterocycles. The van der Waals surface area contributed by atoms with Crippen molar-refractivity contribution < 1.29 is 8.78 Å². The van der Waals surface area contributed by atoms with Gasteiger partial charge in [0, 0.05) is 18.4 Å². The maximum atomic E-state index is 12.7. The second-order valence-electron chi connectivity index (χ2n) is 4.33. The Kier molecular flexibility index (Phi) is 2.31. The van der Waals surface area contributed by atoms with E-state index >= 15 is 0 Å². The zero-order valence-corrected chi connectivity index (χ0v) is 8.38. The van der Waals surface area contributed by atoms with Gasteiger partial charge in [0.05, 0.1) is 0 Å². The highest BCUT2D eigenvalue weighted by atomic mass is 32.2. The van der Waals surface area contributed by atoms with E-state index in [0.717, 1.165) is 24.3 Å². The topological polar surface area (TPSA) is 26.0 Å². The molecular formula is C9H15F2NS. The molecular weight excluding hydrogens is 192 g/mol. The third kappa shape index (κ3) is 1.84. The summed E-state index contributed by atoms with van der Waals surface area (Å²) < 4.78 is 25.4. The van der Waals surface area contributed by atoms with Crippen molar-refractivity contribution in [2.24, 2.45) is 11.7 Å². The van der Waals surface area contributed by atoms with Crippen molar-refractivity contribution in [3.8, 4) is 0 Å². The van der Waals surface area contributed by atoms with Gasteiger partial charge in [-0.15, -0.1) is 0 Å². The molecule has 76 valence electrons. The molecule has 4 heteroatoms. The van der Waals surface area contributed by atoms with Gasteiger partial charge in [0.25, 0.3) is 5.92 Å². The van der Waals surface area contributed by atoms with Crippen molar-refractivity contribution in [2.45, 2.75) is 37.1 Å². The van der Waals surface area contributed by atoms with Crippen molar-refractivity contribution >= 4 is 11.8 Å². The van der Waals surface area contributed by atoms with Crippen molar-refractivity contribution in [3.05, 3.63) is 0 Å². The molecule has 1 nitrogen and oxygen atoms in total. The lowest BCUT2D eigenvalue weighted by molar-refractivity contribution is -0.140. The molecule has 1 aliphatic carbocycles. The second kappa shape index (κ2) is 3.09. The van der Waals surface area contributed by atoms with E-state index < -0.39 is 11.5 Å². The Labute approximate surface area is 81.4 Å². The maximum Gasteiger partial charge on any atom is 0.251 e. The lowest BCUT2D eigenvalue weighted by Gasteiger charge is -2.50. The molecule has 0 aromatic rings. The minimum atomic E-state index is -2.47. The zero-order chi connectivity index (χ0) is 9.53. The summed E-state index contributed by atoms with van der Waals surface area (Å²) in [5.74, 6) is 0.0531. The van der Waals surface area contributed by atoms with E-state index in [2.05, 4.69) is 0 Å². The van der Waals surface area contributed by atoms with E-state index in [1.165, 1.54) is 0 Å². The predicted octanol–water partition coefficient (Wildman–Crippen LogP) is 2.26. The fourth-order valence-corrected chi connectivity index (χ4v) is 3.58. The molecule has 2 aliphatic rings. The Morgan fingerprint density at radius 1 is 1.15 bits per heavy atom. The van der Waals surface area contributed by atoms with E-state index in [1.54, 1.807) is 0 Å². The van der Waals surface area contributed by atoms with E-state index in [4.69, 9.17) is 5.73 Å². The van der Waals surface area contributed by atoms with E-state index in [0.29, 0.717) is 5.92 Å². The molecule has 0 bridgehead atoms. The highest BCUT2D eigenvalue weighted by Crippen LogP contribution is 2.50. The molecule has 0 atom stereocenters. The van der Waals surface area contributed by atoms with Gasteiger partial charge in [0.1, 0.15) is 0 Å². The molecule has 0 spiro atoms. The molecule has 0 radical (unpaired) electrons. The van der Waals surface area contributed by atoms with Gasteiger partial charge in [-0.2, -0.15) is 11.8 Å².